The first-order chi connectivity index (χ1) is 11.2. The van der Waals surface area contributed by atoms with Gasteiger partial charge >= 0.3 is 6.09 Å². The Morgan fingerprint density at radius 1 is 1.50 bits per heavy atom. The lowest BCUT2D eigenvalue weighted by atomic mass is 10.1. The van der Waals surface area contributed by atoms with E-state index in [-0.39, 0.29) is 17.7 Å². The number of ether oxygens (including phenoxy) is 2. The van der Waals surface area contributed by atoms with Gasteiger partial charge in [-0.15, -0.1) is 0 Å². The quantitative estimate of drug-likeness (QED) is 0.789. The van der Waals surface area contributed by atoms with Crippen LogP contribution in [0.15, 0.2) is 6.07 Å². The summed E-state index contributed by atoms with van der Waals surface area (Å²) >= 11 is 0. The summed E-state index contributed by atoms with van der Waals surface area (Å²) in [5.74, 6) is -1.16. The largest absolute Gasteiger partial charge is 0.472 e. The normalized spacial score (nSPS) is 18.8. The van der Waals surface area contributed by atoms with Gasteiger partial charge in [-0.1, -0.05) is 0 Å². The van der Waals surface area contributed by atoms with Gasteiger partial charge in [0.2, 0.25) is 17.7 Å². The average Bonchev–Trinajstić information content (AvgIpc) is 2.94. The molecule has 2 heterocycles. The van der Waals surface area contributed by atoms with Gasteiger partial charge in [0.25, 0.3) is 0 Å². The van der Waals surface area contributed by atoms with E-state index >= 15 is 0 Å². The van der Waals surface area contributed by atoms with Crippen molar-refractivity contribution in [3.63, 3.8) is 0 Å². The third kappa shape index (κ3) is 4.54. The van der Waals surface area contributed by atoms with Crippen molar-refractivity contribution >= 4 is 6.09 Å². The van der Waals surface area contributed by atoms with Gasteiger partial charge < -0.3 is 14.4 Å². The molecule has 1 aromatic heterocycles. The number of likely N-dealkylation sites (tertiary alicyclic amines) is 1. The lowest BCUT2D eigenvalue weighted by Gasteiger charge is -2.31. The zero-order valence-corrected chi connectivity index (χ0v) is 14.2. The van der Waals surface area contributed by atoms with Crippen LogP contribution in [0.5, 0.6) is 5.88 Å². The van der Waals surface area contributed by atoms with Crippen LogP contribution in [0.25, 0.3) is 0 Å². The number of halogens is 1. The predicted molar refractivity (Wildman–Crippen MR) is 82.8 cm³/mol. The first-order valence-electron chi connectivity index (χ1n) is 7.80. The minimum Gasteiger partial charge on any atom is -0.472 e. The zero-order valence-electron chi connectivity index (χ0n) is 14.2. The molecule has 0 aliphatic carbocycles. The van der Waals surface area contributed by atoms with Crippen LogP contribution in [0.2, 0.25) is 0 Å². The maximum Gasteiger partial charge on any atom is 0.410 e. The van der Waals surface area contributed by atoms with E-state index in [1.807, 2.05) is 20.8 Å². The maximum absolute atomic E-state index is 13.4. The number of hydrogen-bond acceptors (Lipinski definition) is 6. The van der Waals surface area contributed by atoms with Gasteiger partial charge in [-0.05, 0) is 40.5 Å². The second-order valence-corrected chi connectivity index (χ2v) is 6.67. The van der Waals surface area contributed by atoms with Crippen molar-refractivity contribution in [1.29, 1.82) is 5.26 Å². The van der Waals surface area contributed by atoms with Crippen LogP contribution in [-0.2, 0) is 4.74 Å². The second kappa shape index (κ2) is 6.99. The van der Waals surface area contributed by atoms with Crippen molar-refractivity contribution < 1.29 is 18.7 Å². The fraction of sp³-hybridized carbons (Fsp3) is 0.625. The molecule has 0 radical (unpaired) electrons. The van der Waals surface area contributed by atoms with Crippen molar-refractivity contribution in [2.45, 2.75) is 58.3 Å². The van der Waals surface area contributed by atoms with Gasteiger partial charge in [-0.25, -0.2) is 4.79 Å². The Morgan fingerprint density at radius 3 is 2.83 bits per heavy atom. The van der Waals surface area contributed by atoms with Crippen molar-refractivity contribution in [3.05, 3.63) is 17.8 Å². The van der Waals surface area contributed by atoms with E-state index in [1.54, 1.807) is 17.9 Å². The van der Waals surface area contributed by atoms with Crippen LogP contribution in [0.3, 0.4) is 0 Å². The van der Waals surface area contributed by atoms with Gasteiger partial charge in [0.05, 0.1) is 12.1 Å². The average molecular weight is 336 g/mol. The summed E-state index contributed by atoms with van der Waals surface area (Å²) in [6.45, 7) is 7.78. The summed E-state index contributed by atoms with van der Waals surface area (Å²) in [4.78, 5) is 21.1. The topological polar surface area (TPSA) is 88.3 Å². The number of rotatable bonds is 3. The monoisotopic (exact) mass is 336 g/mol. The van der Waals surface area contributed by atoms with Crippen LogP contribution in [0.4, 0.5) is 9.18 Å². The zero-order chi connectivity index (χ0) is 17.9. The molecule has 1 aliphatic rings. The molecule has 24 heavy (non-hydrogen) atoms. The number of hydrogen-bond donors (Lipinski definition) is 0. The molecule has 1 saturated heterocycles. The van der Waals surface area contributed by atoms with Crippen LogP contribution in [0.1, 0.15) is 46.4 Å². The first kappa shape index (κ1) is 17.9. The molecule has 130 valence electrons. The van der Waals surface area contributed by atoms with Crippen LogP contribution < -0.4 is 4.74 Å². The lowest BCUT2D eigenvalue weighted by Crippen LogP contribution is -2.46. The van der Waals surface area contributed by atoms with Crippen molar-refractivity contribution in [2.24, 2.45) is 0 Å². The smallest absolute Gasteiger partial charge is 0.410 e. The molecule has 2 atom stereocenters. The highest BCUT2D eigenvalue weighted by molar-refractivity contribution is 5.69. The van der Waals surface area contributed by atoms with E-state index in [2.05, 4.69) is 9.97 Å². The number of nitrogens with zero attached hydrogens (tertiary/aromatic N) is 4. The highest BCUT2D eigenvalue weighted by Crippen LogP contribution is 2.25. The fourth-order valence-corrected chi connectivity index (χ4v) is 2.60. The number of nitriles is 1. The molecule has 1 amide bonds. The maximum atomic E-state index is 13.4. The number of amides is 1. The number of aromatic nitrogens is 2. The number of carbonyl (C=O) groups is 1. The summed E-state index contributed by atoms with van der Waals surface area (Å²) in [6, 6.07) is 2.49. The molecular weight excluding hydrogens is 315 g/mol. The standard InChI is InChI=1S/C16H21FN4O3/c1-10(23-14-8-12(17)19-13(9-18)20-14)11-6-5-7-21(11)15(22)24-16(2,3)4/h8,10-11H,5-7H2,1-4H3/t10-,11-/m0/s1. The molecule has 8 heteroatoms. The molecule has 0 N–H and O–H groups in total. The van der Waals surface area contributed by atoms with Gasteiger partial charge in [0, 0.05) is 6.54 Å². The van der Waals surface area contributed by atoms with Crippen LogP contribution in [0, 0.1) is 17.3 Å². The molecule has 1 aromatic rings. The van der Waals surface area contributed by atoms with E-state index in [9.17, 15) is 9.18 Å². The Kier molecular flexibility index (Phi) is 5.22. The highest BCUT2D eigenvalue weighted by atomic mass is 19.1. The van der Waals surface area contributed by atoms with Gasteiger partial charge in [0.15, 0.2) is 0 Å². The molecule has 7 nitrogen and oxygen atoms in total. The lowest BCUT2D eigenvalue weighted by molar-refractivity contribution is 0.0106. The van der Waals surface area contributed by atoms with E-state index in [0.29, 0.717) is 6.54 Å². The molecule has 0 unspecified atom stereocenters. The molecule has 0 aromatic carbocycles. The Morgan fingerprint density at radius 2 is 2.21 bits per heavy atom. The molecule has 1 aliphatic heterocycles. The minimum absolute atomic E-state index is 0.0254. The predicted octanol–water partition coefficient (Wildman–Crippen LogP) is 2.65. The van der Waals surface area contributed by atoms with Crippen LogP contribution >= 0.6 is 0 Å². The molecular formula is C16H21FN4O3. The summed E-state index contributed by atoms with van der Waals surface area (Å²) in [5.41, 5.74) is -0.578. The molecule has 2 rings (SSSR count). The van der Waals surface area contributed by atoms with E-state index in [1.165, 1.54) is 0 Å². The fourth-order valence-electron chi connectivity index (χ4n) is 2.60. The third-order valence-electron chi connectivity index (χ3n) is 3.55. The summed E-state index contributed by atoms with van der Waals surface area (Å²) in [7, 11) is 0. The summed E-state index contributed by atoms with van der Waals surface area (Å²) in [5, 5.41) is 8.79. The molecule has 1 fully saturated rings. The van der Waals surface area contributed by atoms with Gasteiger partial charge in [0.1, 0.15) is 17.8 Å². The minimum atomic E-state index is -0.834. The van der Waals surface area contributed by atoms with E-state index < -0.39 is 23.7 Å². The second-order valence-electron chi connectivity index (χ2n) is 6.67. The third-order valence-corrected chi connectivity index (χ3v) is 3.55. The van der Waals surface area contributed by atoms with E-state index in [0.717, 1.165) is 18.9 Å². The highest BCUT2D eigenvalue weighted by Gasteiger charge is 2.36. The SMILES string of the molecule is C[C@H](Oc1cc(F)nc(C#N)n1)[C@@H]1CCCN1C(=O)OC(C)(C)C. The first-order valence-corrected chi connectivity index (χ1v) is 7.80. The number of carbonyl (C=O) groups excluding carboxylic acids is 1. The Bertz CT molecular complexity index is 654. The Labute approximate surface area is 140 Å². The van der Waals surface area contributed by atoms with Crippen molar-refractivity contribution in [2.75, 3.05) is 6.54 Å². The summed E-state index contributed by atoms with van der Waals surface area (Å²) in [6.07, 6.45) is 0.756. The van der Waals surface area contributed by atoms with E-state index in [4.69, 9.17) is 14.7 Å². The van der Waals surface area contributed by atoms with Gasteiger partial charge in [-0.3, -0.25) is 0 Å². The summed E-state index contributed by atoms with van der Waals surface area (Å²) < 4.78 is 24.4. The van der Waals surface area contributed by atoms with Gasteiger partial charge in [-0.2, -0.15) is 19.6 Å². The molecule has 0 bridgehead atoms. The van der Waals surface area contributed by atoms with Crippen LogP contribution in [-0.4, -0.2) is 45.3 Å². The Hall–Kier alpha value is -2.43. The Balaban J connectivity index is 2.08. The molecule has 0 spiro atoms. The molecule has 0 saturated carbocycles. The van der Waals surface area contributed by atoms with Crippen molar-refractivity contribution in [3.8, 4) is 11.9 Å². The van der Waals surface area contributed by atoms with Crippen molar-refractivity contribution in [1.82, 2.24) is 14.9 Å².